The van der Waals surface area contributed by atoms with Crippen molar-refractivity contribution in [1.82, 2.24) is 20.0 Å². The van der Waals surface area contributed by atoms with Crippen LogP contribution in [0.4, 0.5) is 0 Å². The summed E-state index contributed by atoms with van der Waals surface area (Å²) in [4.78, 5) is 14.0. The van der Waals surface area contributed by atoms with E-state index in [0.29, 0.717) is 24.7 Å². The number of nitrogens with zero attached hydrogens (tertiary/aromatic N) is 3. The van der Waals surface area contributed by atoms with Crippen molar-refractivity contribution in [2.24, 2.45) is 0 Å². The highest BCUT2D eigenvalue weighted by Gasteiger charge is 2.15. The molecule has 0 aliphatic carbocycles. The summed E-state index contributed by atoms with van der Waals surface area (Å²) in [6, 6.07) is 17.7. The van der Waals surface area contributed by atoms with Crippen molar-refractivity contribution >= 4 is 17.5 Å². The van der Waals surface area contributed by atoms with Gasteiger partial charge in [0.2, 0.25) is 5.91 Å². The van der Waals surface area contributed by atoms with Crippen LogP contribution in [0.2, 0.25) is 5.02 Å². The third-order valence-electron chi connectivity index (χ3n) is 4.35. The molecule has 0 saturated heterocycles. The smallest absolute Gasteiger partial charge is 0.234 e. The number of hydrogen-bond donors (Lipinski definition) is 1. The lowest BCUT2D eigenvalue weighted by atomic mass is 10.1. The number of nitrogens with one attached hydrogen (secondary N) is 1. The number of rotatable bonds is 8. The van der Waals surface area contributed by atoms with E-state index in [1.54, 1.807) is 0 Å². The van der Waals surface area contributed by atoms with Crippen LogP contribution in [0.25, 0.3) is 16.9 Å². The Bertz CT molecular complexity index is 906. The van der Waals surface area contributed by atoms with Gasteiger partial charge in [-0.15, -0.1) is 0 Å². The molecule has 3 rings (SSSR count). The zero-order chi connectivity index (χ0) is 19.9. The zero-order valence-corrected chi connectivity index (χ0v) is 17.0. The third kappa shape index (κ3) is 5.21. The fourth-order valence-electron chi connectivity index (χ4n) is 3.00. The molecular weight excluding hydrogens is 372 g/mol. The van der Waals surface area contributed by atoms with Gasteiger partial charge in [0.1, 0.15) is 0 Å². The highest BCUT2D eigenvalue weighted by atomic mass is 35.5. The van der Waals surface area contributed by atoms with Gasteiger partial charge in [-0.3, -0.25) is 9.69 Å². The first kappa shape index (κ1) is 20.1. The number of hydrogen-bond acceptors (Lipinski definition) is 3. The van der Waals surface area contributed by atoms with E-state index in [1.165, 1.54) is 0 Å². The maximum atomic E-state index is 12.0. The fraction of sp³-hybridized carbons (Fsp3) is 0.273. The van der Waals surface area contributed by atoms with Crippen molar-refractivity contribution < 1.29 is 4.79 Å². The van der Waals surface area contributed by atoms with E-state index < -0.39 is 0 Å². The van der Waals surface area contributed by atoms with Gasteiger partial charge in [0, 0.05) is 35.4 Å². The molecule has 146 valence electrons. The molecule has 1 heterocycles. The molecule has 1 aromatic heterocycles. The van der Waals surface area contributed by atoms with Gasteiger partial charge in [-0.05, 0) is 37.7 Å². The number of likely N-dealkylation sites (N-methyl/N-ethyl adjacent to an activating group) is 1. The van der Waals surface area contributed by atoms with Crippen LogP contribution in [0.1, 0.15) is 18.9 Å². The van der Waals surface area contributed by atoms with Crippen LogP contribution in [0, 0.1) is 0 Å². The van der Waals surface area contributed by atoms with E-state index in [-0.39, 0.29) is 5.91 Å². The van der Waals surface area contributed by atoms with Crippen LogP contribution >= 0.6 is 11.6 Å². The molecule has 2 aromatic carbocycles. The average molecular weight is 397 g/mol. The third-order valence-corrected chi connectivity index (χ3v) is 4.61. The number of carbonyl (C=O) groups is 1. The van der Waals surface area contributed by atoms with Crippen molar-refractivity contribution in [1.29, 1.82) is 0 Å². The second-order valence-corrected chi connectivity index (χ2v) is 7.25. The fourth-order valence-corrected chi connectivity index (χ4v) is 3.13. The minimum absolute atomic E-state index is 0.0350. The van der Waals surface area contributed by atoms with Crippen LogP contribution in [0.5, 0.6) is 0 Å². The van der Waals surface area contributed by atoms with Crippen molar-refractivity contribution in [3.63, 3.8) is 0 Å². The van der Waals surface area contributed by atoms with Crippen LogP contribution < -0.4 is 5.32 Å². The van der Waals surface area contributed by atoms with Gasteiger partial charge >= 0.3 is 0 Å². The quantitative estimate of drug-likeness (QED) is 0.622. The van der Waals surface area contributed by atoms with Gasteiger partial charge in [0.25, 0.3) is 0 Å². The van der Waals surface area contributed by atoms with Crippen LogP contribution in [-0.2, 0) is 11.3 Å². The molecule has 6 heteroatoms. The summed E-state index contributed by atoms with van der Waals surface area (Å²) in [5, 5.41) is 8.42. The van der Waals surface area contributed by atoms with E-state index >= 15 is 0 Å². The Morgan fingerprint density at radius 2 is 1.86 bits per heavy atom. The maximum absolute atomic E-state index is 12.0. The average Bonchev–Trinajstić information content (AvgIpc) is 3.11. The summed E-state index contributed by atoms with van der Waals surface area (Å²) >= 11 is 6.04. The van der Waals surface area contributed by atoms with Crippen LogP contribution in [-0.4, -0.2) is 40.7 Å². The molecule has 0 aliphatic heterocycles. The van der Waals surface area contributed by atoms with E-state index in [0.717, 1.165) is 28.9 Å². The van der Waals surface area contributed by atoms with Gasteiger partial charge in [-0.25, -0.2) is 4.68 Å². The molecule has 0 bridgehead atoms. The Hall–Kier alpha value is -2.63. The summed E-state index contributed by atoms with van der Waals surface area (Å²) < 4.78 is 1.88. The molecule has 0 atom stereocenters. The number of para-hydroxylation sites is 1. The zero-order valence-electron chi connectivity index (χ0n) is 16.2. The maximum Gasteiger partial charge on any atom is 0.234 e. The van der Waals surface area contributed by atoms with Crippen molar-refractivity contribution in [3.8, 4) is 16.9 Å². The number of carbonyl (C=O) groups excluding carboxylic acids is 1. The van der Waals surface area contributed by atoms with Crippen molar-refractivity contribution in [2.45, 2.75) is 19.9 Å². The largest absolute Gasteiger partial charge is 0.355 e. The van der Waals surface area contributed by atoms with Gasteiger partial charge in [-0.1, -0.05) is 48.9 Å². The topological polar surface area (TPSA) is 50.2 Å². The summed E-state index contributed by atoms with van der Waals surface area (Å²) in [5.74, 6) is 0.0350. The molecule has 1 N–H and O–H groups in total. The summed E-state index contributed by atoms with van der Waals surface area (Å²) in [7, 11) is 1.94. The Kier molecular flexibility index (Phi) is 6.85. The van der Waals surface area contributed by atoms with Crippen LogP contribution in [0.15, 0.2) is 60.8 Å². The van der Waals surface area contributed by atoms with Crippen molar-refractivity contribution in [2.75, 3.05) is 20.1 Å². The van der Waals surface area contributed by atoms with Gasteiger partial charge in [-0.2, -0.15) is 5.10 Å². The summed E-state index contributed by atoms with van der Waals surface area (Å²) in [5.41, 5.74) is 3.93. The molecule has 0 fully saturated rings. The molecule has 5 nitrogen and oxygen atoms in total. The lowest BCUT2D eigenvalue weighted by Crippen LogP contribution is -2.35. The molecule has 0 spiro atoms. The van der Waals surface area contributed by atoms with E-state index in [1.807, 2.05) is 84.3 Å². The highest BCUT2D eigenvalue weighted by molar-refractivity contribution is 6.30. The number of aromatic nitrogens is 2. The minimum atomic E-state index is 0.0350. The number of halogens is 1. The van der Waals surface area contributed by atoms with Crippen molar-refractivity contribution in [3.05, 3.63) is 71.4 Å². The first-order chi connectivity index (χ1) is 13.6. The predicted octanol–water partition coefficient (Wildman–Crippen LogP) is 4.15. The van der Waals surface area contributed by atoms with Gasteiger partial charge in [0.05, 0.1) is 17.9 Å². The lowest BCUT2D eigenvalue weighted by Gasteiger charge is -2.16. The van der Waals surface area contributed by atoms with Crippen LogP contribution in [0.3, 0.4) is 0 Å². The highest BCUT2D eigenvalue weighted by Crippen LogP contribution is 2.26. The normalized spacial score (nSPS) is 11.0. The first-order valence-corrected chi connectivity index (χ1v) is 9.79. The Morgan fingerprint density at radius 3 is 2.54 bits per heavy atom. The van der Waals surface area contributed by atoms with Gasteiger partial charge in [0.15, 0.2) is 0 Å². The molecule has 1 amide bonds. The molecule has 28 heavy (non-hydrogen) atoms. The Morgan fingerprint density at radius 1 is 1.14 bits per heavy atom. The first-order valence-electron chi connectivity index (χ1n) is 9.42. The van der Waals surface area contributed by atoms with E-state index in [9.17, 15) is 4.79 Å². The lowest BCUT2D eigenvalue weighted by molar-refractivity contribution is -0.122. The summed E-state index contributed by atoms with van der Waals surface area (Å²) in [6.45, 7) is 3.70. The second kappa shape index (κ2) is 9.53. The standard InChI is InChI=1S/C22H25ClN4O/c1-3-13-24-21(28)16-26(2)14-18-15-27(20-7-5-4-6-8-20)25-22(18)17-9-11-19(23)12-10-17/h4-12,15H,3,13-14,16H2,1-2H3,(H,24,28). The monoisotopic (exact) mass is 396 g/mol. The minimum Gasteiger partial charge on any atom is -0.355 e. The molecule has 0 unspecified atom stereocenters. The predicted molar refractivity (Wildman–Crippen MR) is 114 cm³/mol. The second-order valence-electron chi connectivity index (χ2n) is 6.81. The molecular formula is C22H25ClN4O. The Labute approximate surface area is 170 Å². The Balaban J connectivity index is 1.86. The van der Waals surface area contributed by atoms with E-state index in [4.69, 9.17) is 16.7 Å². The molecule has 0 radical (unpaired) electrons. The van der Waals surface area contributed by atoms with E-state index in [2.05, 4.69) is 5.32 Å². The van der Waals surface area contributed by atoms with Gasteiger partial charge < -0.3 is 5.32 Å². The number of amides is 1. The summed E-state index contributed by atoms with van der Waals surface area (Å²) in [6.07, 6.45) is 2.96. The molecule has 0 aliphatic rings. The molecule has 0 saturated carbocycles. The molecule has 3 aromatic rings. The number of benzene rings is 2. The SMILES string of the molecule is CCCNC(=O)CN(C)Cc1cn(-c2ccccc2)nc1-c1ccc(Cl)cc1.